The van der Waals surface area contributed by atoms with Crippen LogP contribution < -0.4 is 4.90 Å². The number of anilines is 1. The quantitative estimate of drug-likeness (QED) is 0.623. The van der Waals surface area contributed by atoms with Crippen LogP contribution in [0.1, 0.15) is 35.5 Å². The van der Waals surface area contributed by atoms with Gasteiger partial charge in [0.05, 0.1) is 0 Å². The maximum absolute atomic E-state index is 13.1. The number of carbonyl (C=O) groups excluding carboxylic acids is 1. The van der Waals surface area contributed by atoms with E-state index in [1.54, 1.807) is 12.3 Å². The van der Waals surface area contributed by atoms with Crippen molar-refractivity contribution in [1.29, 1.82) is 0 Å². The first kappa shape index (κ1) is 19.5. The first-order valence-electron chi connectivity index (χ1n) is 9.47. The molecule has 3 aromatic rings. The summed E-state index contributed by atoms with van der Waals surface area (Å²) in [6, 6.07) is 21.9. The Balaban J connectivity index is 1.78. The van der Waals surface area contributed by atoms with Gasteiger partial charge >= 0.3 is 0 Å². The minimum Gasteiger partial charge on any atom is -0.340 e. The summed E-state index contributed by atoms with van der Waals surface area (Å²) in [6.07, 6.45) is 1.65. The van der Waals surface area contributed by atoms with Gasteiger partial charge in [-0.15, -0.1) is 0 Å². The van der Waals surface area contributed by atoms with Crippen LogP contribution in [0.2, 0.25) is 0 Å². The van der Waals surface area contributed by atoms with E-state index in [9.17, 15) is 4.79 Å². The highest BCUT2D eigenvalue weighted by molar-refractivity contribution is 5.92. The molecule has 5 heteroatoms. The van der Waals surface area contributed by atoms with E-state index in [2.05, 4.69) is 22.1 Å². The summed E-state index contributed by atoms with van der Waals surface area (Å²) in [5, 5.41) is 0. The lowest BCUT2D eigenvalue weighted by molar-refractivity contribution is 0.0684. The van der Waals surface area contributed by atoms with Crippen molar-refractivity contribution >= 4 is 11.9 Å². The van der Waals surface area contributed by atoms with Gasteiger partial charge in [-0.3, -0.25) is 4.79 Å². The smallest absolute Gasteiger partial charge is 0.273 e. The number of hydrogen-bond donors (Lipinski definition) is 0. The third-order valence-corrected chi connectivity index (χ3v) is 4.55. The third kappa shape index (κ3) is 4.94. The Kier molecular flexibility index (Phi) is 6.37. The maximum Gasteiger partial charge on any atom is 0.273 e. The van der Waals surface area contributed by atoms with Crippen LogP contribution in [0.3, 0.4) is 0 Å². The standard InChI is InChI=1S/C23H26N4O/c1-18(2)27(17-20-12-8-5-9-13-20)22(28)21-14-15-24-23(25-21)26(3)16-19-10-6-4-7-11-19/h4-15,18H,16-17H2,1-3H3. The first-order chi connectivity index (χ1) is 13.5. The average Bonchev–Trinajstić information content (AvgIpc) is 2.73. The fourth-order valence-corrected chi connectivity index (χ4v) is 3.00. The van der Waals surface area contributed by atoms with Crippen molar-refractivity contribution in [3.63, 3.8) is 0 Å². The van der Waals surface area contributed by atoms with Crippen LogP contribution in [0.5, 0.6) is 0 Å². The molecular weight excluding hydrogens is 348 g/mol. The van der Waals surface area contributed by atoms with Gasteiger partial charge in [0.25, 0.3) is 5.91 Å². The number of amides is 1. The van der Waals surface area contributed by atoms with Crippen molar-refractivity contribution in [3.8, 4) is 0 Å². The molecule has 0 saturated heterocycles. The molecule has 0 aliphatic carbocycles. The molecule has 0 aliphatic heterocycles. The molecule has 2 aromatic carbocycles. The molecule has 0 bridgehead atoms. The van der Waals surface area contributed by atoms with Gasteiger partial charge in [-0.1, -0.05) is 60.7 Å². The second kappa shape index (κ2) is 9.13. The minimum atomic E-state index is -0.0874. The summed E-state index contributed by atoms with van der Waals surface area (Å²) in [7, 11) is 1.93. The summed E-state index contributed by atoms with van der Waals surface area (Å²) < 4.78 is 0. The Bertz CT molecular complexity index is 897. The van der Waals surface area contributed by atoms with E-state index in [0.29, 0.717) is 24.7 Å². The molecule has 144 valence electrons. The van der Waals surface area contributed by atoms with E-state index >= 15 is 0 Å². The predicted molar refractivity (Wildman–Crippen MR) is 112 cm³/mol. The SMILES string of the molecule is CC(C)N(Cc1ccccc1)C(=O)c1ccnc(N(C)Cc2ccccc2)n1. The van der Waals surface area contributed by atoms with Gasteiger partial charge in [-0.05, 0) is 31.0 Å². The highest BCUT2D eigenvalue weighted by atomic mass is 16.2. The molecule has 1 amide bonds. The van der Waals surface area contributed by atoms with E-state index in [0.717, 1.165) is 5.56 Å². The van der Waals surface area contributed by atoms with Crippen molar-refractivity contribution in [2.24, 2.45) is 0 Å². The Labute approximate surface area is 166 Å². The summed E-state index contributed by atoms with van der Waals surface area (Å²) >= 11 is 0. The summed E-state index contributed by atoms with van der Waals surface area (Å²) in [5.41, 5.74) is 2.67. The lowest BCUT2D eigenvalue weighted by atomic mass is 10.1. The molecule has 0 N–H and O–H groups in total. The highest BCUT2D eigenvalue weighted by Crippen LogP contribution is 2.15. The second-order valence-electron chi connectivity index (χ2n) is 7.10. The number of nitrogens with zero attached hydrogens (tertiary/aromatic N) is 4. The molecule has 0 radical (unpaired) electrons. The number of benzene rings is 2. The minimum absolute atomic E-state index is 0.0631. The predicted octanol–water partition coefficient (Wildman–Crippen LogP) is 4.16. The van der Waals surface area contributed by atoms with Crippen LogP contribution in [0.15, 0.2) is 72.9 Å². The largest absolute Gasteiger partial charge is 0.340 e. The van der Waals surface area contributed by atoms with Crippen molar-refractivity contribution in [2.45, 2.75) is 33.0 Å². The van der Waals surface area contributed by atoms with Crippen molar-refractivity contribution in [2.75, 3.05) is 11.9 Å². The van der Waals surface area contributed by atoms with Gasteiger partial charge in [0.15, 0.2) is 0 Å². The molecular formula is C23H26N4O. The summed E-state index contributed by atoms with van der Waals surface area (Å²) in [6.45, 7) is 5.27. The Morgan fingerprint density at radius 2 is 1.46 bits per heavy atom. The second-order valence-corrected chi connectivity index (χ2v) is 7.10. The molecule has 0 unspecified atom stereocenters. The topological polar surface area (TPSA) is 49.3 Å². The zero-order valence-corrected chi connectivity index (χ0v) is 16.6. The lowest BCUT2D eigenvalue weighted by Gasteiger charge is -2.27. The number of aromatic nitrogens is 2. The van der Waals surface area contributed by atoms with Crippen LogP contribution >= 0.6 is 0 Å². The molecule has 0 spiro atoms. The molecule has 0 aliphatic rings. The van der Waals surface area contributed by atoms with Crippen molar-refractivity contribution in [1.82, 2.24) is 14.9 Å². The van der Waals surface area contributed by atoms with Gasteiger partial charge in [-0.25, -0.2) is 9.97 Å². The van der Waals surface area contributed by atoms with Crippen LogP contribution in [-0.2, 0) is 13.1 Å². The van der Waals surface area contributed by atoms with Crippen LogP contribution in [0.25, 0.3) is 0 Å². The molecule has 5 nitrogen and oxygen atoms in total. The Hall–Kier alpha value is -3.21. The first-order valence-corrected chi connectivity index (χ1v) is 9.47. The van der Waals surface area contributed by atoms with E-state index in [1.807, 2.05) is 79.2 Å². The van der Waals surface area contributed by atoms with Crippen molar-refractivity contribution < 1.29 is 4.79 Å². The molecule has 3 rings (SSSR count). The lowest BCUT2D eigenvalue weighted by Crippen LogP contribution is -2.37. The van der Waals surface area contributed by atoms with Gasteiger partial charge < -0.3 is 9.80 Å². The van der Waals surface area contributed by atoms with E-state index in [-0.39, 0.29) is 11.9 Å². The summed E-state index contributed by atoms with van der Waals surface area (Å²) in [5.74, 6) is 0.453. The van der Waals surface area contributed by atoms with Crippen LogP contribution in [0, 0.1) is 0 Å². The molecule has 0 fully saturated rings. The molecule has 28 heavy (non-hydrogen) atoms. The Morgan fingerprint density at radius 3 is 2.04 bits per heavy atom. The normalized spacial score (nSPS) is 10.7. The third-order valence-electron chi connectivity index (χ3n) is 4.55. The molecule has 0 atom stereocenters. The molecule has 0 saturated carbocycles. The fraction of sp³-hybridized carbons (Fsp3) is 0.261. The van der Waals surface area contributed by atoms with Crippen LogP contribution in [-0.4, -0.2) is 33.9 Å². The van der Waals surface area contributed by atoms with Crippen molar-refractivity contribution in [3.05, 3.63) is 89.7 Å². The van der Waals surface area contributed by atoms with E-state index in [4.69, 9.17) is 0 Å². The van der Waals surface area contributed by atoms with Crippen LogP contribution in [0.4, 0.5) is 5.95 Å². The zero-order valence-electron chi connectivity index (χ0n) is 16.6. The van der Waals surface area contributed by atoms with E-state index < -0.39 is 0 Å². The fourth-order valence-electron chi connectivity index (χ4n) is 3.00. The highest BCUT2D eigenvalue weighted by Gasteiger charge is 2.21. The van der Waals surface area contributed by atoms with E-state index in [1.165, 1.54) is 5.56 Å². The Morgan fingerprint density at radius 1 is 0.893 bits per heavy atom. The monoisotopic (exact) mass is 374 g/mol. The van der Waals surface area contributed by atoms with Gasteiger partial charge in [-0.2, -0.15) is 0 Å². The summed E-state index contributed by atoms with van der Waals surface area (Å²) in [4.78, 5) is 25.8. The van der Waals surface area contributed by atoms with Gasteiger partial charge in [0.1, 0.15) is 5.69 Å². The average molecular weight is 374 g/mol. The van der Waals surface area contributed by atoms with Gasteiger partial charge in [0, 0.05) is 32.4 Å². The molecule has 1 heterocycles. The van der Waals surface area contributed by atoms with Gasteiger partial charge in [0.2, 0.25) is 5.95 Å². The number of carbonyl (C=O) groups is 1. The number of hydrogen-bond acceptors (Lipinski definition) is 4. The zero-order chi connectivity index (χ0) is 19.9. The maximum atomic E-state index is 13.1. The molecule has 1 aromatic heterocycles. The number of rotatable bonds is 7.